The third-order valence-electron chi connectivity index (χ3n) is 3.34. The summed E-state index contributed by atoms with van der Waals surface area (Å²) in [5.41, 5.74) is 1.92. The van der Waals surface area contributed by atoms with E-state index in [1.807, 2.05) is 24.3 Å². The molecule has 0 heterocycles. The molecule has 0 aliphatic rings. The largest absolute Gasteiger partial charge is 0.336 e. The highest BCUT2D eigenvalue weighted by Gasteiger charge is 2.11. The van der Waals surface area contributed by atoms with Crippen molar-refractivity contribution >= 4 is 23.3 Å². The number of benzene rings is 2. The van der Waals surface area contributed by atoms with E-state index in [0.717, 1.165) is 0 Å². The highest BCUT2D eigenvalue weighted by molar-refractivity contribution is 5.92. The molecular weight excluding hydrogens is 304 g/mol. The Labute approximate surface area is 140 Å². The summed E-state index contributed by atoms with van der Waals surface area (Å²) in [7, 11) is 0. The van der Waals surface area contributed by atoms with Crippen LogP contribution in [0, 0.1) is 11.3 Å². The molecule has 3 amide bonds. The van der Waals surface area contributed by atoms with Crippen LogP contribution < -0.4 is 15.5 Å². The predicted octanol–water partition coefficient (Wildman–Crippen LogP) is 2.73. The van der Waals surface area contributed by atoms with Gasteiger partial charge in [-0.2, -0.15) is 5.26 Å². The summed E-state index contributed by atoms with van der Waals surface area (Å²) in [6.45, 7) is 2.10. The third kappa shape index (κ3) is 4.85. The second kappa shape index (κ2) is 8.34. The molecule has 6 nitrogen and oxygen atoms in total. The third-order valence-corrected chi connectivity index (χ3v) is 3.34. The molecule has 6 heteroatoms. The summed E-state index contributed by atoms with van der Waals surface area (Å²) in [6, 6.07) is 17.5. The average Bonchev–Trinajstić information content (AvgIpc) is 2.59. The molecule has 0 unspecified atom stereocenters. The van der Waals surface area contributed by atoms with E-state index < -0.39 is 0 Å². The Kier molecular flexibility index (Phi) is 5.92. The summed E-state index contributed by atoms with van der Waals surface area (Å²) in [5, 5.41) is 14.2. The molecule has 0 aliphatic carbocycles. The van der Waals surface area contributed by atoms with Gasteiger partial charge in [0.15, 0.2) is 0 Å². The Morgan fingerprint density at radius 2 is 1.75 bits per heavy atom. The van der Waals surface area contributed by atoms with Crippen molar-refractivity contribution in [2.75, 3.05) is 23.3 Å². The Morgan fingerprint density at radius 3 is 2.33 bits per heavy atom. The zero-order valence-electron chi connectivity index (χ0n) is 13.3. The summed E-state index contributed by atoms with van der Waals surface area (Å²) in [6.07, 6.45) is 0. The molecular formula is C18H18N4O2. The van der Waals surface area contributed by atoms with Crippen molar-refractivity contribution in [1.82, 2.24) is 5.32 Å². The van der Waals surface area contributed by atoms with Crippen LogP contribution in [0.5, 0.6) is 0 Å². The molecule has 0 spiro atoms. The van der Waals surface area contributed by atoms with Crippen LogP contribution in [-0.2, 0) is 4.79 Å². The van der Waals surface area contributed by atoms with Crippen molar-refractivity contribution in [2.24, 2.45) is 0 Å². The number of carbonyl (C=O) groups excluding carboxylic acids is 2. The zero-order chi connectivity index (χ0) is 17.4. The molecule has 24 heavy (non-hydrogen) atoms. The smallest absolute Gasteiger partial charge is 0.319 e. The molecule has 0 saturated carbocycles. The number of anilines is 2. The number of nitrogens with one attached hydrogen (secondary N) is 2. The van der Waals surface area contributed by atoms with Gasteiger partial charge in [-0.15, -0.1) is 0 Å². The minimum absolute atomic E-state index is 0.134. The van der Waals surface area contributed by atoms with Crippen LogP contribution in [0.25, 0.3) is 0 Å². The first kappa shape index (κ1) is 17.0. The van der Waals surface area contributed by atoms with Crippen LogP contribution in [0.4, 0.5) is 16.2 Å². The van der Waals surface area contributed by atoms with Gasteiger partial charge >= 0.3 is 6.03 Å². The van der Waals surface area contributed by atoms with Gasteiger partial charge in [-0.1, -0.05) is 18.2 Å². The van der Waals surface area contributed by atoms with E-state index in [4.69, 9.17) is 5.26 Å². The van der Waals surface area contributed by atoms with Crippen molar-refractivity contribution in [2.45, 2.75) is 6.92 Å². The first-order valence-corrected chi connectivity index (χ1v) is 7.48. The number of amides is 3. The Hall–Kier alpha value is -3.33. The Bertz CT molecular complexity index is 736. The van der Waals surface area contributed by atoms with Crippen molar-refractivity contribution in [3.05, 3.63) is 60.2 Å². The number of rotatable bonds is 5. The quantitative estimate of drug-likeness (QED) is 0.887. The maximum atomic E-state index is 11.8. The molecule has 0 saturated heterocycles. The molecule has 2 rings (SSSR count). The highest BCUT2D eigenvalue weighted by atomic mass is 16.2. The number of nitrogens with zero attached hydrogens (tertiary/aromatic N) is 2. The minimum Gasteiger partial charge on any atom is -0.336 e. The van der Waals surface area contributed by atoms with Gasteiger partial charge in [0.2, 0.25) is 5.91 Å². The van der Waals surface area contributed by atoms with E-state index in [1.165, 1.54) is 6.92 Å². The summed E-state index contributed by atoms with van der Waals surface area (Å²) in [5.74, 6) is -0.134. The maximum Gasteiger partial charge on any atom is 0.319 e. The molecule has 2 aromatic rings. The van der Waals surface area contributed by atoms with E-state index in [1.54, 1.807) is 41.3 Å². The molecule has 2 N–H and O–H groups in total. The van der Waals surface area contributed by atoms with E-state index in [2.05, 4.69) is 10.6 Å². The van der Waals surface area contributed by atoms with Gasteiger partial charge < -0.3 is 15.5 Å². The molecule has 0 aromatic heterocycles. The fourth-order valence-corrected chi connectivity index (χ4v) is 2.16. The number of hydrogen-bond acceptors (Lipinski definition) is 3. The van der Waals surface area contributed by atoms with Crippen LogP contribution in [0.1, 0.15) is 12.5 Å². The van der Waals surface area contributed by atoms with Crippen LogP contribution in [0.3, 0.4) is 0 Å². The second-order valence-corrected chi connectivity index (χ2v) is 5.08. The standard InChI is InChI=1S/C18H18N4O2/c1-14(23)22(17-9-7-15(13-19)8-10-17)12-11-20-18(24)21-16-5-3-2-4-6-16/h2-10H,11-12H2,1H3,(H2,20,21,24). The lowest BCUT2D eigenvalue weighted by Gasteiger charge is -2.21. The van der Waals surface area contributed by atoms with Gasteiger partial charge in [-0.05, 0) is 36.4 Å². The van der Waals surface area contributed by atoms with Crippen molar-refractivity contribution < 1.29 is 9.59 Å². The number of urea groups is 1. The fraction of sp³-hybridized carbons (Fsp3) is 0.167. The van der Waals surface area contributed by atoms with Crippen molar-refractivity contribution in [3.63, 3.8) is 0 Å². The van der Waals surface area contributed by atoms with Crippen molar-refractivity contribution in [1.29, 1.82) is 5.26 Å². The van der Waals surface area contributed by atoms with E-state index >= 15 is 0 Å². The maximum absolute atomic E-state index is 11.8. The Balaban J connectivity index is 1.88. The number of para-hydroxylation sites is 1. The van der Waals surface area contributed by atoms with Crippen LogP contribution in [-0.4, -0.2) is 25.0 Å². The number of hydrogen-bond donors (Lipinski definition) is 2. The first-order chi connectivity index (χ1) is 11.6. The van der Waals surface area contributed by atoms with Crippen LogP contribution >= 0.6 is 0 Å². The minimum atomic E-state index is -0.329. The van der Waals surface area contributed by atoms with Gasteiger partial charge in [-0.3, -0.25) is 4.79 Å². The zero-order valence-corrected chi connectivity index (χ0v) is 13.3. The lowest BCUT2D eigenvalue weighted by atomic mass is 10.2. The normalized spacial score (nSPS) is 9.67. The van der Waals surface area contributed by atoms with E-state index in [9.17, 15) is 9.59 Å². The summed E-state index contributed by atoms with van der Waals surface area (Å²) >= 11 is 0. The van der Waals surface area contributed by atoms with Crippen LogP contribution in [0.2, 0.25) is 0 Å². The van der Waals surface area contributed by atoms with Gasteiger partial charge in [0.1, 0.15) is 0 Å². The van der Waals surface area contributed by atoms with Crippen LogP contribution in [0.15, 0.2) is 54.6 Å². The molecule has 122 valence electrons. The molecule has 0 aliphatic heterocycles. The average molecular weight is 322 g/mol. The van der Waals surface area contributed by atoms with Gasteiger partial charge in [0, 0.05) is 31.4 Å². The molecule has 0 atom stereocenters. The van der Waals surface area contributed by atoms with Gasteiger partial charge in [-0.25, -0.2) is 4.79 Å². The summed E-state index contributed by atoms with van der Waals surface area (Å²) < 4.78 is 0. The van der Waals surface area contributed by atoms with Gasteiger partial charge in [0.25, 0.3) is 0 Å². The molecule has 0 fully saturated rings. The topological polar surface area (TPSA) is 85.2 Å². The Morgan fingerprint density at radius 1 is 1.08 bits per heavy atom. The summed E-state index contributed by atoms with van der Waals surface area (Å²) in [4.78, 5) is 25.2. The van der Waals surface area contributed by atoms with Gasteiger partial charge in [0.05, 0.1) is 11.6 Å². The van der Waals surface area contributed by atoms with Crippen molar-refractivity contribution in [3.8, 4) is 6.07 Å². The van der Waals surface area contributed by atoms with E-state index in [-0.39, 0.29) is 11.9 Å². The van der Waals surface area contributed by atoms with E-state index in [0.29, 0.717) is 30.0 Å². The monoisotopic (exact) mass is 322 g/mol. The lowest BCUT2D eigenvalue weighted by Crippen LogP contribution is -2.39. The highest BCUT2D eigenvalue weighted by Crippen LogP contribution is 2.15. The first-order valence-electron chi connectivity index (χ1n) is 7.48. The lowest BCUT2D eigenvalue weighted by molar-refractivity contribution is -0.116. The SMILES string of the molecule is CC(=O)N(CCNC(=O)Nc1ccccc1)c1ccc(C#N)cc1. The molecule has 0 bridgehead atoms. The second-order valence-electron chi connectivity index (χ2n) is 5.08. The molecule has 0 radical (unpaired) electrons. The number of carbonyl (C=O) groups is 2. The number of nitriles is 1. The predicted molar refractivity (Wildman–Crippen MR) is 92.6 cm³/mol. The molecule has 2 aromatic carbocycles. The fourth-order valence-electron chi connectivity index (χ4n) is 2.16.